The number of nitrogens with zero attached hydrogens (tertiary/aromatic N) is 1. The summed E-state index contributed by atoms with van der Waals surface area (Å²) < 4.78 is 20.8. The van der Waals surface area contributed by atoms with Crippen LogP contribution in [0.25, 0.3) is 0 Å². The van der Waals surface area contributed by atoms with Gasteiger partial charge >= 0.3 is 0 Å². The zero-order valence-electron chi connectivity index (χ0n) is 14.8. The third-order valence-electron chi connectivity index (χ3n) is 2.83. The van der Waals surface area contributed by atoms with E-state index in [1.54, 1.807) is 14.2 Å². The highest BCUT2D eigenvalue weighted by Crippen LogP contribution is 1.95. The first-order chi connectivity index (χ1) is 10.4. The van der Waals surface area contributed by atoms with Crippen LogP contribution in [-0.4, -0.2) is 91.5 Å². The van der Waals surface area contributed by atoms with Gasteiger partial charge in [0, 0.05) is 33.2 Å². The Morgan fingerprint density at radius 3 is 1.82 bits per heavy atom. The Morgan fingerprint density at radius 2 is 1.41 bits per heavy atom. The summed E-state index contributed by atoms with van der Waals surface area (Å²) in [5.74, 6) is -1.08. The highest BCUT2D eigenvalue weighted by atomic mass is 16.5. The van der Waals surface area contributed by atoms with Crippen LogP contribution in [0.15, 0.2) is 0 Å². The maximum atomic E-state index is 9.87. The Hall–Kier alpha value is -0.730. The van der Waals surface area contributed by atoms with E-state index in [0.29, 0.717) is 19.8 Å². The Balaban J connectivity index is 0. The first kappa shape index (κ1) is 23.5. The number of aliphatic carboxylic acids is 1. The fourth-order valence-electron chi connectivity index (χ4n) is 1.31. The lowest BCUT2D eigenvalue weighted by Crippen LogP contribution is -2.44. The molecule has 22 heavy (non-hydrogen) atoms. The number of likely N-dealkylation sites (N-methyl/N-ethyl adjacent to an activating group) is 1. The number of carbonyl (C=O) groups is 1. The van der Waals surface area contributed by atoms with Crippen LogP contribution in [0.5, 0.6) is 0 Å². The molecule has 0 aliphatic rings. The molecule has 0 saturated carbocycles. The molecule has 0 fully saturated rings. The third kappa shape index (κ3) is 21.6. The van der Waals surface area contributed by atoms with Gasteiger partial charge in [-0.25, -0.2) is 0 Å². The van der Waals surface area contributed by atoms with Gasteiger partial charge < -0.3 is 33.3 Å². The monoisotopic (exact) mass is 323 g/mol. The average Bonchev–Trinajstić information content (AvgIpc) is 2.47. The SMILES string of the molecule is CCOCCOCCC(=O)[O-].COCC[N+](C)(C)CCOC. The normalized spacial score (nSPS) is 11.0. The van der Waals surface area contributed by atoms with Gasteiger partial charge in [0.2, 0.25) is 0 Å². The molecule has 0 N–H and O–H groups in total. The summed E-state index contributed by atoms with van der Waals surface area (Å²) in [6.07, 6.45) is -0.0495. The fourth-order valence-corrected chi connectivity index (χ4v) is 1.31. The first-order valence-electron chi connectivity index (χ1n) is 7.54. The van der Waals surface area contributed by atoms with Crippen LogP contribution in [0.4, 0.5) is 0 Å². The summed E-state index contributed by atoms with van der Waals surface area (Å²) in [7, 11) is 7.82. The second-order valence-corrected chi connectivity index (χ2v) is 5.30. The van der Waals surface area contributed by atoms with Crippen LogP contribution in [0, 0.1) is 0 Å². The molecule has 0 aliphatic heterocycles. The molecule has 0 aromatic rings. The van der Waals surface area contributed by atoms with Gasteiger partial charge in [0.15, 0.2) is 0 Å². The number of methoxy groups -OCH3 is 2. The van der Waals surface area contributed by atoms with Crippen molar-refractivity contribution in [3.05, 3.63) is 0 Å². The van der Waals surface area contributed by atoms with Crippen molar-refractivity contribution in [2.45, 2.75) is 13.3 Å². The number of carbonyl (C=O) groups excluding carboxylic acids is 1. The Morgan fingerprint density at radius 1 is 0.909 bits per heavy atom. The lowest BCUT2D eigenvalue weighted by molar-refractivity contribution is -0.891. The number of quaternary nitrogens is 1. The van der Waals surface area contributed by atoms with Crippen LogP contribution in [-0.2, 0) is 23.7 Å². The minimum Gasteiger partial charge on any atom is -0.550 e. The van der Waals surface area contributed by atoms with Crippen molar-refractivity contribution in [1.82, 2.24) is 0 Å². The van der Waals surface area contributed by atoms with E-state index < -0.39 is 5.97 Å². The smallest absolute Gasteiger partial charge is 0.102 e. The molecular weight excluding hydrogens is 290 g/mol. The molecule has 0 spiro atoms. The molecule has 0 radical (unpaired) electrons. The number of carboxylic acids is 1. The molecule has 0 heterocycles. The van der Waals surface area contributed by atoms with E-state index in [1.165, 1.54) is 0 Å². The average molecular weight is 323 g/mol. The maximum Gasteiger partial charge on any atom is 0.102 e. The van der Waals surface area contributed by atoms with E-state index in [-0.39, 0.29) is 13.0 Å². The number of hydrogen-bond acceptors (Lipinski definition) is 6. The van der Waals surface area contributed by atoms with Crippen LogP contribution in [0.3, 0.4) is 0 Å². The number of rotatable bonds is 13. The van der Waals surface area contributed by atoms with Crippen molar-refractivity contribution in [2.24, 2.45) is 0 Å². The van der Waals surface area contributed by atoms with E-state index in [4.69, 9.17) is 18.9 Å². The third-order valence-corrected chi connectivity index (χ3v) is 2.83. The maximum absolute atomic E-state index is 9.87. The zero-order chi connectivity index (χ0) is 17.3. The quantitative estimate of drug-likeness (QED) is 0.337. The molecule has 0 bridgehead atoms. The van der Waals surface area contributed by atoms with Crippen LogP contribution < -0.4 is 5.11 Å². The molecule has 0 aromatic carbocycles. The van der Waals surface area contributed by atoms with Gasteiger partial charge in [-0.2, -0.15) is 0 Å². The van der Waals surface area contributed by atoms with Crippen molar-refractivity contribution < 1.29 is 33.3 Å². The van der Waals surface area contributed by atoms with Gasteiger partial charge in [-0.15, -0.1) is 0 Å². The fraction of sp³-hybridized carbons (Fsp3) is 0.933. The van der Waals surface area contributed by atoms with Gasteiger partial charge in [0.25, 0.3) is 0 Å². The standard InChI is InChI=1S/C8H20NO2.C7H14O4/c1-9(2,5-7-10-3)6-8-11-4;1-2-10-5-6-11-4-3-7(8)9/h5-8H2,1-4H3;2-6H2,1H3,(H,8,9)/q+1;/p-1. The van der Waals surface area contributed by atoms with Crippen molar-refractivity contribution in [2.75, 3.05) is 81.0 Å². The summed E-state index contributed by atoms with van der Waals surface area (Å²) in [5.41, 5.74) is 0. The lowest BCUT2D eigenvalue weighted by Gasteiger charge is -2.28. The van der Waals surface area contributed by atoms with E-state index >= 15 is 0 Å². The Labute approximate surface area is 134 Å². The van der Waals surface area contributed by atoms with Gasteiger partial charge in [0.1, 0.15) is 13.1 Å². The molecule has 0 saturated heterocycles. The molecule has 0 amide bonds. The lowest BCUT2D eigenvalue weighted by atomic mass is 10.4. The molecular formula is C15H33NO6. The Kier molecular flexibility index (Phi) is 17.8. The minimum absolute atomic E-state index is 0.0495. The Bertz CT molecular complexity index is 238. The summed E-state index contributed by atoms with van der Waals surface area (Å²) >= 11 is 0. The molecule has 0 rings (SSSR count). The molecule has 7 nitrogen and oxygen atoms in total. The van der Waals surface area contributed by atoms with E-state index in [9.17, 15) is 9.90 Å². The molecule has 0 atom stereocenters. The molecule has 0 aromatic heterocycles. The van der Waals surface area contributed by atoms with Crippen LogP contribution in [0.1, 0.15) is 13.3 Å². The van der Waals surface area contributed by atoms with E-state index in [0.717, 1.165) is 30.8 Å². The zero-order valence-corrected chi connectivity index (χ0v) is 14.8. The number of carboxylic acid groups (broad SMARTS) is 1. The van der Waals surface area contributed by atoms with Crippen LogP contribution >= 0.6 is 0 Å². The summed E-state index contributed by atoms with van der Waals surface area (Å²) in [6.45, 7) is 7.43. The highest BCUT2D eigenvalue weighted by molar-refractivity contribution is 5.64. The molecule has 7 heteroatoms. The van der Waals surface area contributed by atoms with Gasteiger partial charge in [-0.05, 0) is 6.92 Å². The summed E-state index contributed by atoms with van der Waals surface area (Å²) in [5, 5.41) is 9.87. The van der Waals surface area contributed by atoms with Crippen molar-refractivity contribution in [3.8, 4) is 0 Å². The first-order valence-corrected chi connectivity index (χ1v) is 7.54. The number of ether oxygens (including phenoxy) is 4. The van der Waals surface area contributed by atoms with Gasteiger partial charge in [0.05, 0.1) is 47.1 Å². The summed E-state index contributed by atoms with van der Waals surface area (Å²) in [4.78, 5) is 9.87. The van der Waals surface area contributed by atoms with Gasteiger partial charge in [-0.1, -0.05) is 0 Å². The van der Waals surface area contributed by atoms with Gasteiger partial charge in [-0.3, -0.25) is 0 Å². The number of hydrogen-bond donors (Lipinski definition) is 0. The predicted molar refractivity (Wildman–Crippen MR) is 82.5 cm³/mol. The second kappa shape index (κ2) is 16.6. The van der Waals surface area contributed by atoms with Crippen molar-refractivity contribution in [1.29, 1.82) is 0 Å². The molecule has 0 aliphatic carbocycles. The second-order valence-electron chi connectivity index (χ2n) is 5.30. The summed E-state index contributed by atoms with van der Waals surface area (Å²) in [6, 6.07) is 0. The molecule has 0 unspecified atom stereocenters. The van der Waals surface area contributed by atoms with E-state index in [1.807, 2.05) is 6.92 Å². The topological polar surface area (TPSA) is 77.1 Å². The van der Waals surface area contributed by atoms with E-state index in [2.05, 4.69) is 14.1 Å². The molecule has 134 valence electrons. The predicted octanol–water partition coefficient (Wildman–Crippen LogP) is -0.465. The minimum atomic E-state index is -1.08. The highest BCUT2D eigenvalue weighted by Gasteiger charge is 2.12. The largest absolute Gasteiger partial charge is 0.550 e. The van der Waals surface area contributed by atoms with Crippen molar-refractivity contribution >= 4 is 5.97 Å². The van der Waals surface area contributed by atoms with Crippen molar-refractivity contribution in [3.63, 3.8) is 0 Å². The van der Waals surface area contributed by atoms with Crippen LogP contribution in [0.2, 0.25) is 0 Å².